The molecule has 0 fully saturated rings. The van der Waals surface area contributed by atoms with Crippen LogP contribution < -0.4 is 14.8 Å². The second-order valence-electron chi connectivity index (χ2n) is 5.75. The van der Waals surface area contributed by atoms with Crippen LogP contribution in [0, 0.1) is 13.8 Å². The Morgan fingerprint density at radius 2 is 1.85 bits per heavy atom. The molecule has 0 bridgehead atoms. The molecule has 0 saturated heterocycles. The first-order chi connectivity index (χ1) is 12.5. The summed E-state index contributed by atoms with van der Waals surface area (Å²) in [4.78, 5) is 24.1. The average Bonchev–Trinajstić information content (AvgIpc) is 2.64. The van der Waals surface area contributed by atoms with Gasteiger partial charge in [0.2, 0.25) is 5.91 Å². The molecule has 2 aromatic carbocycles. The smallest absolute Gasteiger partial charge is 0.340 e. The average molecular weight is 357 g/mol. The van der Waals surface area contributed by atoms with Crippen molar-refractivity contribution in [1.29, 1.82) is 0 Å². The maximum Gasteiger partial charge on any atom is 0.340 e. The number of benzene rings is 2. The summed E-state index contributed by atoms with van der Waals surface area (Å²) >= 11 is 0. The maximum atomic E-state index is 12.2. The molecule has 138 valence electrons. The molecule has 0 heterocycles. The number of aryl methyl sites for hydroxylation is 1. The van der Waals surface area contributed by atoms with Gasteiger partial charge in [-0.2, -0.15) is 0 Å². The minimum Gasteiger partial charge on any atom is -0.497 e. The normalized spacial score (nSPS) is 10.2. The van der Waals surface area contributed by atoms with E-state index in [1.807, 2.05) is 32.0 Å². The van der Waals surface area contributed by atoms with Crippen LogP contribution in [0.2, 0.25) is 0 Å². The quantitative estimate of drug-likeness (QED) is 0.768. The lowest BCUT2D eigenvalue weighted by molar-refractivity contribution is -0.116. The second-order valence-corrected chi connectivity index (χ2v) is 5.75. The summed E-state index contributed by atoms with van der Waals surface area (Å²) < 4.78 is 15.5. The van der Waals surface area contributed by atoms with Gasteiger partial charge in [0.15, 0.2) is 0 Å². The summed E-state index contributed by atoms with van der Waals surface area (Å²) in [6, 6.07) is 10.6. The minimum atomic E-state index is -0.550. The van der Waals surface area contributed by atoms with Gasteiger partial charge in [-0.15, -0.1) is 0 Å². The lowest BCUT2D eigenvalue weighted by Gasteiger charge is -2.13. The summed E-state index contributed by atoms with van der Waals surface area (Å²) in [5.74, 6) is 0.454. The molecule has 0 aliphatic rings. The van der Waals surface area contributed by atoms with Gasteiger partial charge in [0.05, 0.1) is 38.5 Å². The van der Waals surface area contributed by atoms with Crippen molar-refractivity contribution in [2.45, 2.75) is 20.3 Å². The highest BCUT2D eigenvalue weighted by atomic mass is 16.5. The lowest BCUT2D eigenvalue weighted by Crippen LogP contribution is -2.18. The third kappa shape index (κ3) is 4.75. The van der Waals surface area contributed by atoms with Crippen LogP contribution in [0.3, 0.4) is 0 Å². The fraction of sp³-hybridized carbons (Fsp3) is 0.300. The van der Waals surface area contributed by atoms with Gasteiger partial charge < -0.3 is 19.5 Å². The Kier molecular flexibility index (Phi) is 6.60. The Labute approximate surface area is 153 Å². The van der Waals surface area contributed by atoms with Crippen molar-refractivity contribution in [3.05, 3.63) is 53.1 Å². The van der Waals surface area contributed by atoms with E-state index in [1.54, 1.807) is 12.1 Å². The van der Waals surface area contributed by atoms with Crippen molar-refractivity contribution < 1.29 is 23.8 Å². The second kappa shape index (κ2) is 8.89. The van der Waals surface area contributed by atoms with Crippen LogP contribution in [0.5, 0.6) is 11.5 Å². The molecular formula is C20H23NO5. The number of rotatable bonds is 7. The van der Waals surface area contributed by atoms with E-state index in [0.29, 0.717) is 11.4 Å². The number of nitrogens with one attached hydrogen (secondary N) is 1. The Balaban J connectivity index is 1.99. The van der Waals surface area contributed by atoms with Gasteiger partial charge >= 0.3 is 5.97 Å². The molecule has 0 atom stereocenters. The zero-order valence-corrected chi connectivity index (χ0v) is 15.4. The first-order valence-corrected chi connectivity index (χ1v) is 8.21. The fourth-order valence-electron chi connectivity index (χ4n) is 2.39. The van der Waals surface area contributed by atoms with E-state index in [2.05, 4.69) is 5.32 Å². The molecule has 1 amide bonds. The third-order valence-corrected chi connectivity index (χ3v) is 4.05. The SMILES string of the molecule is COC(=O)c1cc(OC)ccc1NC(=O)CCOc1cccc(C)c1C. The highest BCUT2D eigenvalue weighted by Gasteiger charge is 2.15. The van der Waals surface area contributed by atoms with E-state index >= 15 is 0 Å². The van der Waals surface area contributed by atoms with Crippen molar-refractivity contribution in [1.82, 2.24) is 0 Å². The van der Waals surface area contributed by atoms with Gasteiger partial charge in [-0.25, -0.2) is 4.79 Å². The number of amides is 1. The molecule has 1 N–H and O–H groups in total. The van der Waals surface area contributed by atoms with Crippen LogP contribution in [0.15, 0.2) is 36.4 Å². The van der Waals surface area contributed by atoms with E-state index in [9.17, 15) is 9.59 Å². The molecule has 0 unspecified atom stereocenters. The van der Waals surface area contributed by atoms with Gasteiger partial charge in [0, 0.05) is 0 Å². The fourth-order valence-corrected chi connectivity index (χ4v) is 2.39. The van der Waals surface area contributed by atoms with Gasteiger partial charge in [0.25, 0.3) is 0 Å². The minimum absolute atomic E-state index is 0.153. The van der Waals surface area contributed by atoms with Crippen molar-refractivity contribution in [2.75, 3.05) is 26.1 Å². The predicted molar refractivity (Wildman–Crippen MR) is 99.0 cm³/mol. The van der Waals surface area contributed by atoms with Crippen LogP contribution in [0.25, 0.3) is 0 Å². The molecule has 6 heteroatoms. The van der Waals surface area contributed by atoms with Gasteiger partial charge in [0.1, 0.15) is 11.5 Å². The Bertz CT molecular complexity index is 801. The number of hydrogen-bond acceptors (Lipinski definition) is 5. The van der Waals surface area contributed by atoms with E-state index < -0.39 is 5.97 Å². The van der Waals surface area contributed by atoms with Crippen LogP contribution in [-0.4, -0.2) is 32.7 Å². The van der Waals surface area contributed by atoms with Gasteiger partial charge in [-0.1, -0.05) is 12.1 Å². The summed E-state index contributed by atoms with van der Waals surface area (Å²) in [6.45, 7) is 4.22. The summed E-state index contributed by atoms with van der Waals surface area (Å²) in [5, 5.41) is 2.71. The number of anilines is 1. The molecule has 2 aromatic rings. The largest absolute Gasteiger partial charge is 0.497 e. The summed E-state index contributed by atoms with van der Waals surface area (Å²) in [6.07, 6.45) is 0.153. The van der Waals surface area contributed by atoms with E-state index in [-0.39, 0.29) is 24.5 Å². The molecule has 0 spiro atoms. The van der Waals surface area contributed by atoms with Gasteiger partial charge in [-0.3, -0.25) is 4.79 Å². The Hall–Kier alpha value is -3.02. The van der Waals surface area contributed by atoms with E-state index in [1.165, 1.54) is 20.3 Å². The highest BCUT2D eigenvalue weighted by Crippen LogP contribution is 2.23. The standard InChI is InChI=1S/C20H23NO5/c1-13-6-5-7-18(14(13)2)26-11-10-19(22)21-17-9-8-15(24-3)12-16(17)20(23)25-4/h5-9,12H,10-11H2,1-4H3,(H,21,22). The molecular weight excluding hydrogens is 334 g/mol. The molecule has 0 aliphatic heterocycles. The van der Waals surface area contributed by atoms with Crippen LogP contribution in [0.4, 0.5) is 5.69 Å². The molecule has 0 radical (unpaired) electrons. The van der Waals surface area contributed by atoms with Crippen LogP contribution >= 0.6 is 0 Å². The topological polar surface area (TPSA) is 73.9 Å². The molecule has 0 saturated carbocycles. The van der Waals surface area contributed by atoms with E-state index in [0.717, 1.165) is 16.9 Å². The van der Waals surface area contributed by atoms with E-state index in [4.69, 9.17) is 14.2 Å². The maximum absolute atomic E-state index is 12.2. The molecule has 6 nitrogen and oxygen atoms in total. The zero-order valence-electron chi connectivity index (χ0n) is 15.4. The molecule has 26 heavy (non-hydrogen) atoms. The van der Waals surface area contributed by atoms with Gasteiger partial charge in [-0.05, 0) is 49.2 Å². The van der Waals surface area contributed by atoms with Crippen molar-refractivity contribution in [3.8, 4) is 11.5 Å². The lowest BCUT2D eigenvalue weighted by atomic mass is 10.1. The highest BCUT2D eigenvalue weighted by molar-refractivity contribution is 6.01. The summed E-state index contributed by atoms with van der Waals surface area (Å²) in [7, 11) is 2.78. The number of esters is 1. The number of carbonyl (C=O) groups is 2. The number of hydrogen-bond donors (Lipinski definition) is 1. The molecule has 0 aliphatic carbocycles. The summed E-state index contributed by atoms with van der Waals surface area (Å²) in [5.41, 5.74) is 2.79. The van der Waals surface area contributed by atoms with Crippen molar-refractivity contribution in [3.63, 3.8) is 0 Å². The first-order valence-electron chi connectivity index (χ1n) is 8.21. The van der Waals surface area contributed by atoms with Crippen molar-refractivity contribution >= 4 is 17.6 Å². The monoisotopic (exact) mass is 357 g/mol. The zero-order chi connectivity index (χ0) is 19.1. The van der Waals surface area contributed by atoms with Crippen LogP contribution in [0.1, 0.15) is 27.9 Å². The molecule has 2 rings (SSSR count). The first kappa shape index (κ1) is 19.3. The predicted octanol–water partition coefficient (Wildman–Crippen LogP) is 3.51. The van der Waals surface area contributed by atoms with Crippen molar-refractivity contribution in [2.24, 2.45) is 0 Å². The molecule has 0 aromatic heterocycles. The number of methoxy groups -OCH3 is 2. The Morgan fingerprint density at radius 3 is 2.54 bits per heavy atom. The Morgan fingerprint density at radius 1 is 1.08 bits per heavy atom. The number of ether oxygens (including phenoxy) is 3. The number of carbonyl (C=O) groups excluding carboxylic acids is 2. The third-order valence-electron chi connectivity index (χ3n) is 4.05. The van der Waals surface area contributed by atoms with Crippen LogP contribution in [-0.2, 0) is 9.53 Å².